The summed E-state index contributed by atoms with van der Waals surface area (Å²) in [6, 6.07) is 4.92. The maximum atomic E-state index is 12.0. The van der Waals surface area contributed by atoms with Crippen LogP contribution in [0, 0.1) is 0 Å². The molecule has 2 rings (SSSR count). The number of hydrogen-bond acceptors (Lipinski definition) is 4. The van der Waals surface area contributed by atoms with E-state index in [4.69, 9.17) is 9.47 Å². The van der Waals surface area contributed by atoms with Gasteiger partial charge in [0.2, 0.25) is 0 Å². The average Bonchev–Trinajstić information content (AvgIpc) is 2.73. The molecule has 0 saturated heterocycles. The van der Waals surface area contributed by atoms with E-state index in [1.165, 1.54) is 0 Å². The lowest BCUT2D eigenvalue weighted by atomic mass is 10.1. The second kappa shape index (κ2) is 6.39. The van der Waals surface area contributed by atoms with Gasteiger partial charge in [0.1, 0.15) is 5.71 Å². The first-order chi connectivity index (χ1) is 10.1. The van der Waals surface area contributed by atoms with Crippen molar-refractivity contribution < 1.29 is 19.1 Å². The van der Waals surface area contributed by atoms with E-state index in [2.05, 4.69) is 4.99 Å². The number of aliphatic imine (C=N–C) groups is 1. The largest absolute Gasteiger partial charge is 0.493 e. The molecule has 1 aromatic carbocycles. The number of hydrogen-bond donors (Lipinski definition) is 0. The van der Waals surface area contributed by atoms with Crippen molar-refractivity contribution >= 4 is 17.6 Å². The Bertz CT molecular complexity index is 595. The molecule has 6 nitrogen and oxygen atoms in total. The first-order valence-electron chi connectivity index (χ1n) is 6.83. The second-order valence-corrected chi connectivity index (χ2v) is 4.49. The van der Waals surface area contributed by atoms with Crippen LogP contribution in [0.15, 0.2) is 23.2 Å². The lowest BCUT2D eigenvalue weighted by Crippen LogP contribution is -2.32. The molecule has 0 bridgehead atoms. The molecule has 1 aliphatic rings. The molecule has 0 aromatic heterocycles. The third kappa shape index (κ3) is 3.04. The van der Waals surface area contributed by atoms with Gasteiger partial charge in [-0.2, -0.15) is 4.99 Å². The van der Waals surface area contributed by atoms with Crippen LogP contribution >= 0.6 is 0 Å². The maximum absolute atomic E-state index is 12.0. The number of amides is 3. The second-order valence-electron chi connectivity index (χ2n) is 4.49. The Morgan fingerprint density at radius 3 is 2.52 bits per heavy atom. The highest BCUT2D eigenvalue weighted by molar-refractivity contribution is 6.46. The molecule has 0 N–H and O–H groups in total. The molecule has 0 atom stereocenters. The molecule has 1 aromatic rings. The van der Waals surface area contributed by atoms with Gasteiger partial charge in [-0.05, 0) is 31.5 Å². The summed E-state index contributed by atoms with van der Waals surface area (Å²) in [5.41, 5.74) is 1.10. The van der Waals surface area contributed by atoms with Gasteiger partial charge in [-0.15, -0.1) is 0 Å². The summed E-state index contributed by atoms with van der Waals surface area (Å²) in [5.74, 6) is 0.921. The predicted octanol–water partition coefficient (Wildman–Crippen LogP) is 2.06. The fourth-order valence-electron chi connectivity index (χ4n) is 2.15. The van der Waals surface area contributed by atoms with Crippen LogP contribution in [0.4, 0.5) is 4.79 Å². The van der Waals surface area contributed by atoms with Crippen molar-refractivity contribution in [1.29, 1.82) is 0 Å². The fraction of sp³-hybridized carbons (Fsp3) is 0.400. The van der Waals surface area contributed by atoms with Gasteiger partial charge in [0.15, 0.2) is 11.5 Å². The topological polar surface area (TPSA) is 68.2 Å². The van der Waals surface area contributed by atoms with Crippen LogP contribution in [-0.2, 0) is 11.2 Å². The van der Waals surface area contributed by atoms with E-state index < -0.39 is 6.03 Å². The van der Waals surface area contributed by atoms with Crippen molar-refractivity contribution in [3.05, 3.63) is 23.8 Å². The van der Waals surface area contributed by atoms with E-state index in [1.807, 2.05) is 13.0 Å². The molecule has 0 saturated carbocycles. The Morgan fingerprint density at radius 2 is 1.95 bits per heavy atom. The first kappa shape index (κ1) is 15.0. The summed E-state index contributed by atoms with van der Waals surface area (Å²) in [7, 11) is 1.57. The van der Waals surface area contributed by atoms with Crippen LogP contribution in [0.1, 0.15) is 19.4 Å². The zero-order valence-electron chi connectivity index (χ0n) is 12.4. The van der Waals surface area contributed by atoms with E-state index in [1.54, 1.807) is 26.2 Å². The summed E-state index contributed by atoms with van der Waals surface area (Å²) in [5, 5.41) is 0. The quantitative estimate of drug-likeness (QED) is 0.804. The molecule has 0 aliphatic carbocycles. The van der Waals surface area contributed by atoms with Crippen LogP contribution in [0.2, 0.25) is 0 Å². The highest BCUT2D eigenvalue weighted by atomic mass is 16.5. The highest BCUT2D eigenvalue weighted by Gasteiger charge is 2.31. The van der Waals surface area contributed by atoms with Gasteiger partial charge < -0.3 is 9.47 Å². The van der Waals surface area contributed by atoms with Crippen LogP contribution in [0.25, 0.3) is 0 Å². The van der Waals surface area contributed by atoms with E-state index in [0.717, 1.165) is 10.5 Å². The van der Waals surface area contributed by atoms with Crippen molar-refractivity contribution in [3.63, 3.8) is 0 Å². The van der Waals surface area contributed by atoms with Gasteiger partial charge in [-0.3, -0.25) is 9.69 Å². The highest BCUT2D eigenvalue weighted by Crippen LogP contribution is 2.28. The molecule has 6 heteroatoms. The number of carbonyl (C=O) groups excluding carboxylic acids is 2. The molecule has 3 amide bonds. The zero-order valence-corrected chi connectivity index (χ0v) is 12.4. The van der Waals surface area contributed by atoms with Crippen LogP contribution in [0.3, 0.4) is 0 Å². The minimum absolute atomic E-state index is 0.259. The molecular formula is C15H18N2O4. The van der Waals surface area contributed by atoms with Gasteiger partial charge in [0, 0.05) is 13.0 Å². The van der Waals surface area contributed by atoms with E-state index in [-0.39, 0.29) is 11.6 Å². The van der Waals surface area contributed by atoms with Crippen molar-refractivity contribution in [2.45, 2.75) is 20.3 Å². The van der Waals surface area contributed by atoms with Gasteiger partial charge in [0.05, 0.1) is 13.7 Å². The zero-order chi connectivity index (χ0) is 15.4. The van der Waals surface area contributed by atoms with Crippen LogP contribution in [0.5, 0.6) is 11.5 Å². The van der Waals surface area contributed by atoms with Crippen molar-refractivity contribution in [3.8, 4) is 11.5 Å². The monoisotopic (exact) mass is 290 g/mol. The Morgan fingerprint density at radius 1 is 1.19 bits per heavy atom. The van der Waals surface area contributed by atoms with E-state index in [9.17, 15) is 9.59 Å². The van der Waals surface area contributed by atoms with Gasteiger partial charge in [0.25, 0.3) is 5.91 Å². The van der Waals surface area contributed by atoms with E-state index in [0.29, 0.717) is 31.1 Å². The molecule has 21 heavy (non-hydrogen) atoms. The molecule has 0 unspecified atom stereocenters. The summed E-state index contributed by atoms with van der Waals surface area (Å²) >= 11 is 0. The molecule has 112 valence electrons. The third-order valence-electron chi connectivity index (χ3n) is 3.17. The normalized spacial score (nSPS) is 14.4. The standard InChI is InChI=1S/C15H18N2O4/c1-4-17-14(18)11(16-15(17)19)8-10-6-7-12(20-3)13(9-10)21-5-2/h6-7,9H,4-5,8H2,1-3H3. The molecular weight excluding hydrogens is 272 g/mol. The van der Waals surface area contributed by atoms with E-state index >= 15 is 0 Å². The van der Waals surface area contributed by atoms with Crippen molar-refractivity contribution in [2.24, 2.45) is 4.99 Å². The Kier molecular flexibility index (Phi) is 4.57. The number of ether oxygens (including phenoxy) is 2. The van der Waals surface area contributed by atoms with Crippen LogP contribution in [-0.4, -0.2) is 42.8 Å². The van der Waals surface area contributed by atoms with Gasteiger partial charge >= 0.3 is 6.03 Å². The minimum atomic E-state index is -0.490. The number of imide groups is 1. The summed E-state index contributed by atoms with van der Waals surface area (Å²) < 4.78 is 10.7. The smallest absolute Gasteiger partial charge is 0.350 e. The Balaban J connectivity index is 2.21. The summed E-state index contributed by atoms with van der Waals surface area (Å²) in [4.78, 5) is 28.5. The lowest BCUT2D eigenvalue weighted by molar-refractivity contribution is -0.120. The minimum Gasteiger partial charge on any atom is -0.493 e. The summed E-state index contributed by atoms with van der Waals surface area (Å²) in [6.07, 6.45) is 0.297. The number of methoxy groups -OCH3 is 1. The molecule has 0 spiro atoms. The Labute approximate surface area is 123 Å². The Hall–Kier alpha value is -2.37. The number of rotatable bonds is 6. The number of benzene rings is 1. The number of nitrogens with zero attached hydrogens (tertiary/aromatic N) is 2. The van der Waals surface area contributed by atoms with Gasteiger partial charge in [-0.25, -0.2) is 4.79 Å². The first-order valence-corrected chi connectivity index (χ1v) is 6.83. The SMILES string of the molecule is CCOc1cc(CC2=NC(=O)N(CC)C2=O)ccc1OC. The number of carbonyl (C=O) groups is 2. The van der Waals surface area contributed by atoms with Crippen molar-refractivity contribution in [2.75, 3.05) is 20.3 Å². The predicted molar refractivity (Wildman–Crippen MR) is 78.1 cm³/mol. The molecule has 1 aliphatic heterocycles. The molecule has 0 fully saturated rings. The molecule has 1 heterocycles. The maximum Gasteiger partial charge on any atom is 0.350 e. The van der Waals surface area contributed by atoms with Crippen LogP contribution < -0.4 is 9.47 Å². The third-order valence-corrected chi connectivity index (χ3v) is 3.17. The number of urea groups is 1. The average molecular weight is 290 g/mol. The summed E-state index contributed by atoms with van der Waals surface area (Å²) in [6.45, 7) is 4.47. The molecule has 0 radical (unpaired) electrons. The van der Waals surface area contributed by atoms with Gasteiger partial charge in [-0.1, -0.05) is 6.07 Å². The van der Waals surface area contributed by atoms with Crippen molar-refractivity contribution in [1.82, 2.24) is 4.90 Å². The lowest BCUT2D eigenvalue weighted by Gasteiger charge is -2.11. The fourth-order valence-corrected chi connectivity index (χ4v) is 2.15.